The Hall–Kier alpha value is 0.194. The Bertz CT molecular complexity index is 355. The zero-order valence-electron chi connectivity index (χ0n) is 16.0. The first kappa shape index (κ1) is 21.2. The van der Waals surface area contributed by atoms with Crippen LogP contribution in [0, 0.1) is 0 Å². The number of rotatable bonds is 8. The van der Waals surface area contributed by atoms with Gasteiger partial charge < -0.3 is 27.8 Å². The molecular formula is C15H34O6Si2. The standard InChI is InChI=1S/C15H34O6Si2/c1-16-12-11(10-19-22(4,5)6)20-15(21-23(7,8)9)14(18-3)13(12)17-2/h11-15H,10H2,1-9H3/t11-,12-,13+,14-,15?/m1/s1. The molecular weight excluding hydrogens is 332 g/mol. The van der Waals surface area contributed by atoms with Crippen LogP contribution in [0.2, 0.25) is 39.3 Å². The van der Waals surface area contributed by atoms with Gasteiger partial charge in [0.25, 0.3) is 0 Å². The summed E-state index contributed by atoms with van der Waals surface area (Å²) in [5, 5.41) is 0. The summed E-state index contributed by atoms with van der Waals surface area (Å²) < 4.78 is 35.3. The zero-order chi connectivity index (χ0) is 17.8. The molecule has 8 heteroatoms. The van der Waals surface area contributed by atoms with Crippen molar-refractivity contribution in [3.8, 4) is 0 Å². The maximum absolute atomic E-state index is 6.18. The molecule has 0 N–H and O–H groups in total. The van der Waals surface area contributed by atoms with E-state index in [1.54, 1.807) is 21.3 Å². The van der Waals surface area contributed by atoms with E-state index in [1.165, 1.54) is 0 Å². The lowest BCUT2D eigenvalue weighted by molar-refractivity contribution is -0.292. The maximum atomic E-state index is 6.18. The highest BCUT2D eigenvalue weighted by molar-refractivity contribution is 6.70. The minimum absolute atomic E-state index is 0.246. The third-order valence-corrected chi connectivity index (χ3v) is 5.53. The second kappa shape index (κ2) is 8.53. The van der Waals surface area contributed by atoms with Crippen molar-refractivity contribution >= 4 is 16.6 Å². The molecule has 0 bridgehead atoms. The molecule has 1 aliphatic rings. The summed E-state index contributed by atoms with van der Waals surface area (Å²) in [6.07, 6.45) is -1.58. The molecule has 0 spiro atoms. The average Bonchev–Trinajstić information content (AvgIpc) is 2.41. The van der Waals surface area contributed by atoms with Crippen molar-refractivity contribution in [2.45, 2.75) is 70.0 Å². The van der Waals surface area contributed by atoms with Gasteiger partial charge >= 0.3 is 0 Å². The van der Waals surface area contributed by atoms with Crippen molar-refractivity contribution in [1.82, 2.24) is 0 Å². The highest BCUT2D eigenvalue weighted by atomic mass is 28.4. The van der Waals surface area contributed by atoms with Crippen molar-refractivity contribution in [3.63, 3.8) is 0 Å². The maximum Gasteiger partial charge on any atom is 0.187 e. The molecule has 1 rings (SSSR count). The van der Waals surface area contributed by atoms with Gasteiger partial charge in [-0.25, -0.2) is 0 Å². The molecule has 0 aromatic heterocycles. The molecule has 0 aliphatic carbocycles. The fourth-order valence-electron chi connectivity index (χ4n) is 2.59. The molecule has 1 heterocycles. The predicted octanol–water partition coefficient (Wildman–Crippen LogP) is 2.46. The minimum atomic E-state index is -1.80. The lowest BCUT2D eigenvalue weighted by atomic mass is 9.99. The van der Waals surface area contributed by atoms with Gasteiger partial charge in [0, 0.05) is 21.3 Å². The van der Waals surface area contributed by atoms with E-state index in [0.29, 0.717) is 6.61 Å². The van der Waals surface area contributed by atoms with Crippen molar-refractivity contribution < 1.29 is 27.8 Å². The highest BCUT2D eigenvalue weighted by Crippen LogP contribution is 2.30. The molecule has 138 valence electrons. The molecule has 0 amide bonds. The SMILES string of the molecule is CO[C@H]1[C@H](OC)[C@@H](OC)C(O[Si](C)(C)C)O[C@@H]1CO[Si](C)(C)C. The van der Waals surface area contributed by atoms with E-state index in [-0.39, 0.29) is 24.4 Å². The zero-order valence-corrected chi connectivity index (χ0v) is 18.0. The van der Waals surface area contributed by atoms with Gasteiger partial charge in [0.15, 0.2) is 22.9 Å². The Kier molecular flexibility index (Phi) is 7.87. The molecule has 1 fully saturated rings. The Labute approximate surface area is 143 Å². The van der Waals surface area contributed by atoms with E-state index in [2.05, 4.69) is 39.3 Å². The number of hydrogen-bond acceptors (Lipinski definition) is 6. The fourth-order valence-corrected chi connectivity index (χ4v) is 4.14. The summed E-state index contributed by atoms with van der Waals surface area (Å²) in [6, 6.07) is 0. The van der Waals surface area contributed by atoms with Crippen LogP contribution in [0.15, 0.2) is 0 Å². The van der Waals surface area contributed by atoms with Crippen LogP contribution in [-0.4, -0.2) is 75.3 Å². The van der Waals surface area contributed by atoms with Crippen LogP contribution in [0.1, 0.15) is 0 Å². The first-order valence-corrected chi connectivity index (χ1v) is 14.9. The van der Waals surface area contributed by atoms with Crippen LogP contribution in [0.4, 0.5) is 0 Å². The van der Waals surface area contributed by atoms with Crippen molar-refractivity contribution in [1.29, 1.82) is 0 Å². The number of ether oxygens (including phenoxy) is 4. The first-order valence-electron chi connectivity index (χ1n) is 8.08. The van der Waals surface area contributed by atoms with Crippen LogP contribution in [0.5, 0.6) is 0 Å². The second-order valence-corrected chi connectivity index (χ2v) is 16.8. The average molecular weight is 367 g/mol. The smallest absolute Gasteiger partial charge is 0.187 e. The highest BCUT2D eigenvalue weighted by Gasteiger charge is 2.48. The van der Waals surface area contributed by atoms with Crippen LogP contribution < -0.4 is 0 Å². The summed E-state index contributed by atoms with van der Waals surface area (Å²) in [7, 11) is 1.52. The molecule has 1 aliphatic heterocycles. The quantitative estimate of drug-likeness (QED) is 0.615. The first-order chi connectivity index (χ1) is 10.5. The van der Waals surface area contributed by atoms with Crippen molar-refractivity contribution in [2.24, 2.45) is 0 Å². The summed E-state index contributed by atoms with van der Waals surface area (Å²) in [5.41, 5.74) is 0. The molecule has 23 heavy (non-hydrogen) atoms. The van der Waals surface area contributed by atoms with Crippen LogP contribution in [0.3, 0.4) is 0 Å². The fraction of sp³-hybridized carbons (Fsp3) is 1.00. The lowest BCUT2D eigenvalue weighted by Gasteiger charge is -2.46. The lowest BCUT2D eigenvalue weighted by Crippen LogP contribution is -2.62. The van der Waals surface area contributed by atoms with Gasteiger partial charge in [-0.2, -0.15) is 0 Å². The molecule has 0 radical (unpaired) electrons. The van der Waals surface area contributed by atoms with Crippen LogP contribution in [0.25, 0.3) is 0 Å². The number of hydrogen-bond donors (Lipinski definition) is 0. The van der Waals surface area contributed by atoms with Gasteiger partial charge in [0.2, 0.25) is 0 Å². The van der Waals surface area contributed by atoms with Crippen LogP contribution in [-0.2, 0) is 27.8 Å². The molecule has 6 nitrogen and oxygen atoms in total. The largest absolute Gasteiger partial charge is 0.415 e. The van der Waals surface area contributed by atoms with Crippen molar-refractivity contribution in [2.75, 3.05) is 27.9 Å². The molecule has 0 aromatic carbocycles. The third kappa shape index (κ3) is 6.54. The Balaban J connectivity index is 2.95. The molecule has 0 saturated carbocycles. The molecule has 1 unspecified atom stereocenters. The summed E-state index contributed by atoms with van der Waals surface area (Å²) in [6.45, 7) is 13.3. The van der Waals surface area contributed by atoms with E-state index in [9.17, 15) is 0 Å². The summed E-state index contributed by atoms with van der Waals surface area (Å²) in [4.78, 5) is 0. The van der Waals surface area contributed by atoms with Crippen molar-refractivity contribution in [3.05, 3.63) is 0 Å². The van der Waals surface area contributed by atoms with Gasteiger partial charge in [-0.3, -0.25) is 0 Å². The van der Waals surface area contributed by atoms with Gasteiger partial charge in [0.1, 0.15) is 24.4 Å². The normalized spacial score (nSPS) is 33.0. The molecule has 1 saturated heterocycles. The van der Waals surface area contributed by atoms with Gasteiger partial charge in [-0.15, -0.1) is 0 Å². The Morgan fingerprint density at radius 1 is 0.739 bits per heavy atom. The van der Waals surface area contributed by atoms with Gasteiger partial charge in [0.05, 0.1) is 6.61 Å². The topological polar surface area (TPSA) is 55.4 Å². The van der Waals surface area contributed by atoms with E-state index in [4.69, 9.17) is 27.8 Å². The van der Waals surface area contributed by atoms with E-state index < -0.39 is 22.9 Å². The monoisotopic (exact) mass is 366 g/mol. The van der Waals surface area contributed by atoms with Gasteiger partial charge in [-0.1, -0.05) is 0 Å². The predicted molar refractivity (Wildman–Crippen MR) is 94.8 cm³/mol. The minimum Gasteiger partial charge on any atom is -0.415 e. The third-order valence-electron chi connectivity index (χ3n) is 3.56. The Morgan fingerprint density at radius 3 is 1.65 bits per heavy atom. The second-order valence-electron chi connectivity index (χ2n) is 7.80. The number of methoxy groups -OCH3 is 3. The summed E-state index contributed by atoms with van der Waals surface area (Å²) in [5.74, 6) is 0. The van der Waals surface area contributed by atoms with Crippen LogP contribution >= 0.6 is 0 Å². The summed E-state index contributed by atoms with van der Waals surface area (Å²) >= 11 is 0. The Morgan fingerprint density at radius 2 is 1.26 bits per heavy atom. The molecule has 0 aromatic rings. The van der Waals surface area contributed by atoms with E-state index >= 15 is 0 Å². The van der Waals surface area contributed by atoms with Gasteiger partial charge in [-0.05, 0) is 39.3 Å². The van der Waals surface area contributed by atoms with E-state index in [1.807, 2.05) is 0 Å². The van der Waals surface area contributed by atoms with E-state index in [0.717, 1.165) is 0 Å². The molecule has 5 atom stereocenters.